The van der Waals surface area contributed by atoms with Crippen LogP contribution in [0.2, 0.25) is 0 Å². The van der Waals surface area contributed by atoms with Crippen molar-refractivity contribution in [2.45, 2.75) is 25.8 Å². The Morgan fingerprint density at radius 1 is 1.58 bits per heavy atom. The highest BCUT2D eigenvalue weighted by atomic mass is 16.5. The van der Waals surface area contributed by atoms with Gasteiger partial charge in [0.15, 0.2) is 6.61 Å². The summed E-state index contributed by atoms with van der Waals surface area (Å²) in [5.74, 6) is 0.152. The van der Waals surface area contributed by atoms with Crippen LogP contribution >= 0.6 is 0 Å². The molecule has 2 rings (SSSR count). The first-order chi connectivity index (χ1) is 9.10. The minimum atomic E-state index is -0.521. The Kier molecular flexibility index (Phi) is 4.01. The number of carbonyl (C=O) groups excluding carboxylic acids is 2. The number of benzene rings is 1. The fourth-order valence-corrected chi connectivity index (χ4v) is 1.84. The van der Waals surface area contributed by atoms with Gasteiger partial charge in [0.25, 0.3) is 5.91 Å². The molecule has 1 aliphatic heterocycles. The maximum absolute atomic E-state index is 11.8. The smallest absolute Gasteiger partial charge is 0.262 e. The second-order valence-corrected chi connectivity index (χ2v) is 4.43. The molecule has 0 fully saturated rings. The largest absolute Gasteiger partial charge is 0.482 e. The molecule has 6 nitrogen and oxygen atoms in total. The Morgan fingerprint density at radius 3 is 3.11 bits per heavy atom. The zero-order chi connectivity index (χ0) is 13.8. The van der Waals surface area contributed by atoms with E-state index in [1.165, 1.54) is 0 Å². The van der Waals surface area contributed by atoms with Gasteiger partial charge in [-0.1, -0.05) is 13.3 Å². The molecule has 6 heteroatoms. The van der Waals surface area contributed by atoms with Gasteiger partial charge in [-0.25, -0.2) is 0 Å². The van der Waals surface area contributed by atoms with Crippen molar-refractivity contribution in [3.63, 3.8) is 0 Å². The molecule has 2 amide bonds. The van der Waals surface area contributed by atoms with Crippen LogP contribution in [0.5, 0.6) is 5.75 Å². The van der Waals surface area contributed by atoms with E-state index in [1.807, 2.05) is 6.92 Å². The molecule has 4 N–H and O–H groups in total. The van der Waals surface area contributed by atoms with Crippen LogP contribution in [-0.4, -0.2) is 24.5 Å². The number of fused-ring (bicyclic) bond motifs is 1. The SMILES string of the molecule is CCCC(N)C(=O)Nc1ccc2c(c1)NC(=O)CO2. The molecular formula is C13H17N3O3. The Labute approximate surface area is 111 Å². The third kappa shape index (κ3) is 3.23. The van der Waals surface area contributed by atoms with Crippen molar-refractivity contribution in [3.8, 4) is 5.75 Å². The van der Waals surface area contributed by atoms with E-state index in [4.69, 9.17) is 10.5 Å². The summed E-state index contributed by atoms with van der Waals surface area (Å²) in [7, 11) is 0. The lowest BCUT2D eigenvalue weighted by atomic mass is 10.1. The average Bonchev–Trinajstić information content (AvgIpc) is 2.38. The van der Waals surface area contributed by atoms with Crippen molar-refractivity contribution in [3.05, 3.63) is 18.2 Å². The molecule has 1 atom stereocenters. The molecule has 1 heterocycles. The number of hydrogen-bond acceptors (Lipinski definition) is 4. The van der Waals surface area contributed by atoms with E-state index in [-0.39, 0.29) is 18.4 Å². The minimum absolute atomic E-state index is 0.0140. The second kappa shape index (κ2) is 5.71. The molecule has 1 aromatic rings. The lowest BCUT2D eigenvalue weighted by molar-refractivity contribution is -0.119. The van der Waals surface area contributed by atoms with Gasteiger partial charge in [-0.05, 0) is 24.6 Å². The normalized spacial score (nSPS) is 14.9. The fraction of sp³-hybridized carbons (Fsp3) is 0.385. The van der Waals surface area contributed by atoms with Crippen molar-refractivity contribution in [1.82, 2.24) is 0 Å². The van der Waals surface area contributed by atoms with Gasteiger partial charge in [-0.3, -0.25) is 9.59 Å². The first kappa shape index (κ1) is 13.4. The van der Waals surface area contributed by atoms with Crippen molar-refractivity contribution in [2.75, 3.05) is 17.2 Å². The van der Waals surface area contributed by atoms with E-state index in [9.17, 15) is 9.59 Å². The monoisotopic (exact) mass is 263 g/mol. The molecule has 19 heavy (non-hydrogen) atoms. The molecule has 0 aliphatic carbocycles. The molecule has 0 bridgehead atoms. The van der Waals surface area contributed by atoms with Crippen LogP contribution in [0.25, 0.3) is 0 Å². The van der Waals surface area contributed by atoms with Gasteiger partial charge in [0.05, 0.1) is 11.7 Å². The molecule has 0 saturated heterocycles. The topological polar surface area (TPSA) is 93.5 Å². The number of nitrogens with two attached hydrogens (primary N) is 1. The highest BCUT2D eigenvalue weighted by Gasteiger charge is 2.17. The van der Waals surface area contributed by atoms with Crippen LogP contribution < -0.4 is 21.1 Å². The first-order valence-corrected chi connectivity index (χ1v) is 6.23. The van der Waals surface area contributed by atoms with Crippen LogP contribution in [0.1, 0.15) is 19.8 Å². The van der Waals surface area contributed by atoms with Crippen molar-refractivity contribution in [2.24, 2.45) is 5.73 Å². The van der Waals surface area contributed by atoms with E-state index in [0.29, 0.717) is 23.5 Å². The predicted octanol–water partition coefficient (Wildman–Crippen LogP) is 1.08. The number of rotatable bonds is 4. The first-order valence-electron chi connectivity index (χ1n) is 6.23. The Bertz CT molecular complexity index is 502. The van der Waals surface area contributed by atoms with Gasteiger partial charge in [0.1, 0.15) is 5.75 Å². The summed E-state index contributed by atoms with van der Waals surface area (Å²) in [6.07, 6.45) is 1.49. The number of anilines is 2. The van der Waals surface area contributed by atoms with E-state index >= 15 is 0 Å². The predicted molar refractivity (Wildman–Crippen MR) is 72.1 cm³/mol. The van der Waals surface area contributed by atoms with E-state index < -0.39 is 6.04 Å². The van der Waals surface area contributed by atoms with Crippen LogP contribution in [0, 0.1) is 0 Å². The quantitative estimate of drug-likeness (QED) is 0.757. The second-order valence-electron chi connectivity index (χ2n) is 4.43. The van der Waals surface area contributed by atoms with Gasteiger partial charge in [0.2, 0.25) is 5.91 Å². The van der Waals surface area contributed by atoms with Crippen LogP contribution in [0.4, 0.5) is 11.4 Å². The van der Waals surface area contributed by atoms with E-state index in [2.05, 4.69) is 10.6 Å². The highest BCUT2D eigenvalue weighted by molar-refractivity contribution is 5.98. The summed E-state index contributed by atoms with van der Waals surface area (Å²) >= 11 is 0. The van der Waals surface area contributed by atoms with Crippen LogP contribution in [-0.2, 0) is 9.59 Å². The Hall–Kier alpha value is -2.08. The molecule has 1 unspecified atom stereocenters. The van der Waals surface area contributed by atoms with E-state index in [1.54, 1.807) is 18.2 Å². The molecule has 1 aromatic carbocycles. The minimum Gasteiger partial charge on any atom is -0.482 e. The number of carbonyl (C=O) groups is 2. The molecule has 1 aliphatic rings. The average molecular weight is 263 g/mol. The summed E-state index contributed by atoms with van der Waals surface area (Å²) < 4.78 is 5.23. The third-order valence-electron chi connectivity index (χ3n) is 2.82. The number of amides is 2. The number of nitrogens with one attached hydrogen (secondary N) is 2. The van der Waals surface area contributed by atoms with Crippen molar-refractivity contribution >= 4 is 23.2 Å². The molecule has 0 saturated carbocycles. The zero-order valence-electron chi connectivity index (χ0n) is 10.7. The summed E-state index contributed by atoms with van der Waals surface area (Å²) in [6.45, 7) is 1.99. The van der Waals surface area contributed by atoms with Crippen LogP contribution in [0.3, 0.4) is 0 Å². The van der Waals surface area contributed by atoms with E-state index in [0.717, 1.165) is 6.42 Å². The van der Waals surface area contributed by atoms with Gasteiger partial charge >= 0.3 is 0 Å². The van der Waals surface area contributed by atoms with Crippen LogP contribution in [0.15, 0.2) is 18.2 Å². The lowest BCUT2D eigenvalue weighted by Gasteiger charge is -2.19. The van der Waals surface area contributed by atoms with Gasteiger partial charge in [-0.15, -0.1) is 0 Å². The standard InChI is InChI=1S/C13H17N3O3/c1-2-3-9(14)13(18)15-8-4-5-11-10(6-8)16-12(17)7-19-11/h4-6,9H,2-3,7,14H2,1H3,(H,15,18)(H,16,17). The molecule has 0 spiro atoms. The molecular weight excluding hydrogens is 246 g/mol. The fourth-order valence-electron chi connectivity index (χ4n) is 1.84. The molecule has 102 valence electrons. The summed E-state index contributed by atoms with van der Waals surface area (Å²) in [4.78, 5) is 23.0. The maximum atomic E-state index is 11.8. The molecule has 0 aromatic heterocycles. The van der Waals surface area contributed by atoms with Crippen molar-refractivity contribution < 1.29 is 14.3 Å². The van der Waals surface area contributed by atoms with Gasteiger partial charge in [-0.2, -0.15) is 0 Å². The third-order valence-corrected chi connectivity index (χ3v) is 2.82. The van der Waals surface area contributed by atoms with Crippen molar-refractivity contribution in [1.29, 1.82) is 0 Å². The Balaban J connectivity index is 2.08. The summed E-state index contributed by atoms with van der Waals surface area (Å²) in [5.41, 5.74) is 6.87. The number of hydrogen-bond donors (Lipinski definition) is 3. The summed E-state index contributed by atoms with van der Waals surface area (Å²) in [5, 5.41) is 5.40. The summed E-state index contributed by atoms with van der Waals surface area (Å²) in [6, 6.07) is 4.55. The number of ether oxygens (including phenoxy) is 1. The van der Waals surface area contributed by atoms with Gasteiger partial charge < -0.3 is 21.1 Å². The Morgan fingerprint density at radius 2 is 2.37 bits per heavy atom. The maximum Gasteiger partial charge on any atom is 0.262 e. The zero-order valence-corrected chi connectivity index (χ0v) is 10.7. The lowest BCUT2D eigenvalue weighted by Crippen LogP contribution is -2.35. The van der Waals surface area contributed by atoms with Gasteiger partial charge in [0, 0.05) is 5.69 Å². The molecule has 0 radical (unpaired) electrons. The highest BCUT2D eigenvalue weighted by Crippen LogP contribution is 2.30.